The highest BCUT2D eigenvalue weighted by Crippen LogP contribution is 2.44. The number of aliphatic carboxylic acids is 1. The molecule has 20 heavy (non-hydrogen) atoms. The summed E-state index contributed by atoms with van der Waals surface area (Å²) in [7, 11) is 0. The van der Waals surface area contributed by atoms with Crippen molar-refractivity contribution in [2.24, 2.45) is 11.8 Å². The van der Waals surface area contributed by atoms with Crippen LogP contribution in [0, 0.1) is 11.8 Å². The van der Waals surface area contributed by atoms with Gasteiger partial charge < -0.3 is 15.7 Å². The van der Waals surface area contributed by atoms with Crippen LogP contribution in [0.15, 0.2) is 0 Å². The van der Waals surface area contributed by atoms with E-state index in [0.29, 0.717) is 11.8 Å². The summed E-state index contributed by atoms with van der Waals surface area (Å²) in [5, 5.41) is 14.6. The third-order valence-corrected chi connectivity index (χ3v) is 4.28. The van der Waals surface area contributed by atoms with E-state index >= 15 is 0 Å². The van der Waals surface area contributed by atoms with Crippen LogP contribution in [0.3, 0.4) is 0 Å². The second kappa shape index (κ2) is 4.96. The van der Waals surface area contributed by atoms with E-state index in [2.05, 4.69) is 10.6 Å². The number of piperazine rings is 1. The summed E-state index contributed by atoms with van der Waals surface area (Å²) in [6, 6.07) is -1.25. The Bertz CT molecular complexity index is 433. The van der Waals surface area contributed by atoms with Crippen molar-refractivity contribution in [3.63, 3.8) is 0 Å². The Hall–Kier alpha value is -1.79. The lowest BCUT2D eigenvalue weighted by Crippen LogP contribution is -2.62. The highest BCUT2D eigenvalue weighted by molar-refractivity contribution is 5.90. The largest absolute Gasteiger partial charge is 0.480 e. The van der Waals surface area contributed by atoms with Crippen LogP contribution in [0.2, 0.25) is 0 Å². The van der Waals surface area contributed by atoms with Gasteiger partial charge in [-0.1, -0.05) is 0 Å². The van der Waals surface area contributed by atoms with Crippen LogP contribution in [-0.2, 0) is 9.59 Å². The van der Waals surface area contributed by atoms with Crippen molar-refractivity contribution in [3.8, 4) is 0 Å². The topological polar surface area (TPSA) is 98.7 Å². The molecule has 0 aromatic rings. The molecule has 1 saturated heterocycles. The fraction of sp³-hybridized carbons (Fsp3) is 0.769. The molecular formula is C13H19N3O4. The number of carbonyl (C=O) groups is 3. The first-order valence-corrected chi connectivity index (χ1v) is 7.13. The number of carboxylic acid groups (broad SMARTS) is 1. The lowest BCUT2D eigenvalue weighted by Gasteiger charge is -2.34. The Morgan fingerprint density at radius 1 is 1.25 bits per heavy atom. The molecule has 3 amide bonds. The summed E-state index contributed by atoms with van der Waals surface area (Å²) >= 11 is 0. The molecule has 2 saturated carbocycles. The van der Waals surface area contributed by atoms with E-state index in [1.54, 1.807) is 0 Å². The molecule has 0 aromatic carbocycles. The lowest BCUT2D eigenvalue weighted by molar-refractivity contribution is -0.144. The molecule has 7 heteroatoms. The highest BCUT2D eigenvalue weighted by atomic mass is 16.4. The molecule has 7 nitrogen and oxygen atoms in total. The number of nitrogens with one attached hydrogen (secondary N) is 2. The Morgan fingerprint density at radius 3 is 2.35 bits per heavy atom. The average Bonchev–Trinajstić information content (AvgIpc) is 3.28. The second-order valence-electron chi connectivity index (χ2n) is 5.94. The molecule has 0 aromatic heterocycles. The minimum absolute atomic E-state index is 0.0287. The van der Waals surface area contributed by atoms with Gasteiger partial charge in [0.2, 0.25) is 5.91 Å². The molecule has 1 heterocycles. The number of carboxylic acids is 1. The number of rotatable bonds is 4. The van der Waals surface area contributed by atoms with Gasteiger partial charge in [0.25, 0.3) is 0 Å². The van der Waals surface area contributed by atoms with Crippen molar-refractivity contribution >= 4 is 17.9 Å². The molecule has 3 rings (SSSR count). The summed E-state index contributed by atoms with van der Waals surface area (Å²) in [5.41, 5.74) is 0. The molecule has 2 aliphatic carbocycles. The van der Waals surface area contributed by atoms with Crippen LogP contribution in [0.25, 0.3) is 0 Å². The van der Waals surface area contributed by atoms with Gasteiger partial charge in [0.15, 0.2) is 0 Å². The zero-order valence-corrected chi connectivity index (χ0v) is 11.2. The van der Waals surface area contributed by atoms with E-state index in [4.69, 9.17) is 5.11 Å². The van der Waals surface area contributed by atoms with Crippen molar-refractivity contribution in [2.75, 3.05) is 13.1 Å². The van der Waals surface area contributed by atoms with Gasteiger partial charge in [-0.3, -0.25) is 9.69 Å². The van der Waals surface area contributed by atoms with Gasteiger partial charge in [0.1, 0.15) is 12.6 Å². The van der Waals surface area contributed by atoms with Gasteiger partial charge in [-0.25, -0.2) is 9.59 Å². The van der Waals surface area contributed by atoms with Crippen molar-refractivity contribution in [3.05, 3.63) is 0 Å². The van der Waals surface area contributed by atoms with E-state index < -0.39 is 18.0 Å². The number of urea groups is 1. The number of amides is 3. The van der Waals surface area contributed by atoms with E-state index in [0.717, 1.165) is 30.6 Å². The van der Waals surface area contributed by atoms with Crippen LogP contribution in [-0.4, -0.2) is 53.1 Å². The number of nitrogens with zero attached hydrogens (tertiary/aromatic N) is 1. The van der Waals surface area contributed by atoms with Crippen LogP contribution in [0.1, 0.15) is 25.7 Å². The Morgan fingerprint density at radius 2 is 1.85 bits per heavy atom. The Labute approximate surface area is 116 Å². The van der Waals surface area contributed by atoms with E-state index in [9.17, 15) is 14.4 Å². The number of hydrogen-bond acceptors (Lipinski definition) is 3. The maximum atomic E-state index is 12.3. The summed E-state index contributed by atoms with van der Waals surface area (Å²) < 4.78 is 0. The average molecular weight is 281 g/mol. The molecule has 0 spiro atoms. The quantitative estimate of drug-likeness (QED) is 0.663. The van der Waals surface area contributed by atoms with Gasteiger partial charge in [0.05, 0.1) is 0 Å². The molecule has 1 aliphatic heterocycles. The molecule has 1 atom stereocenters. The number of hydrogen-bond donors (Lipinski definition) is 3. The van der Waals surface area contributed by atoms with Crippen LogP contribution in [0.5, 0.6) is 0 Å². The summed E-state index contributed by atoms with van der Waals surface area (Å²) in [4.78, 5) is 36.0. The fourth-order valence-electron chi connectivity index (χ4n) is 2.83. The second-order valence-corrected chi connectivity index (χ2v) is 5.94. The van der Waals surface area contributed by atoms with Gasteiger partial charge in [-0.15, -0.1) is 0 Å². The molecular weight excluding hydrogens is 262 g/mol. The third-order valence-electron chi connectivity index (χ3n) is 4.28. The van der Waals surface area contributed by atoms with Crippen LogP contribution >= 0.6 is 0 Å². The first kappa shape index (κ1) is 13.2. The normalized spacial score (nSPS) is 26.4. The first-order chi connectivity index (χ1) is 9.56. The van der Waals surface area contributed by atoms with Gasteiger partial charge in [-0.05, 0) is 37.5 Å². The van der Waals surface area contributed by atoms with E-state index in [-0.39, 0.29) is 25.0 Å². The van der Waals surface area contributed by atoms with E-state index in [1.165, 1.54) is 0 Å². The molecule has 0 radical (unpaired) electrons. The maximum Gasteiger partial charge on any atom is 0.328 e. The lowest BCUT2D eigenvalue weighted by atomic mass is 10.1. The molecule has 3 aliphatic rings. The minimum Gasteiger partial charge on any atom is -0.480 e. The first-order valence-electron chi connectivity index (χ1n) is 7.13. The van der Waals surface area contributed by atoms with E-state index in [1.807, 2.05) is 0 Å². The third kappa shape index (κ3) is 2.71. The smallest absolute Gasteiger partial charge is 0.328 e. The fourth-order valence-corrected chi connectivity index (χ4v) is 2.83. The summed E-state index contributed by atoms with van der Waals surface area (Å²) in [6.07, 6.45) is 4.52. The van der Waals surface area contributed by atoms with Crippen molar-refractivity contribution in [1.82, 2.24) is 15.5 Å². The Balaban J connectivity index is 1.66. The van der Waals surface area contributed by atoms with Crippen molar-refractivity contribution < 1.29 is 19.5 Å². The predicted molar refractivity (Wildman–Crippen MR) is 68.9 cm³/mol. The highest BCUT2D eigenvalue weighted by Gasteiger charge is 2.44. The van der Waals surface area contributed by atoms with Crippen LogP contribution in [0.4, 0.5) is 4.79 Å². The zero-order chi connectivity index (χ0) is 14.3. The summed E-state index contributed by atoms with van der Waals surface area (Å²) in [6.45, 7) is -0.218. The number of carbonyl (C=O) groups excluding carboxylic acids is 2. The molecule has 0 bridgehead atoms. The molecule has 3 fully saturated rings. The molecule has 1 unspecified atom stereocenters. The molecule has 110 valence electrons. The SMILES string of the molecule is O=C1CN(C(=O)NC(C2CC2)C2CC2)C(C(=O)O)CN1. The van der Waals surface area contributed by atoms with Gasteiger partial charge >= 0.3 is 12.0 Å². The van der Waals surface area contributed by atoms with Gasteiger partial charge in [-0.2, -0.15) is 0 Å². The maximum absolute atomic E-state index is 12.3. The standard InChI is InChI=1S/C13H19N3O4/c17-10-6-16(9(5-14-10)12(18)19)13(20)15-11(7-1-2-7)8-3-4-8/h7-9,11H,1-6H2,(H,14,17)(H,15,20)(H,18,19). The minimum atomic E-state index is -1.09. The van der Waals surface area contributed by atoms with Crippen molar-refractivity contribution in [2.45, 2.75) is 37.8 Å². The molecule has 3 N–H and O–H groups in total. The van der Waals surface area contributed by atoms with Gasteiger partial charge in [0, 0.05) is 12.6 Å². The van der Waals surface area contributed by atoms with Crippen molar-refractivity contribution in [1.29, 1.82) is 0 Å². The van der Waals surface area contributed by atoms with Crippen LogP contribution < -0.4 is 10.6 Å². The monoisotopic (exact) mass is 281 g/mol. The predicted octanol–water partition coefficient (Wildman–Crippen LogP) is -0.230. The summed E-state index contributed by atoms with van der Waals surface area (Å²) in [5.74, 6) is -0.330. The Kier molecular flexibility index (Phi) is 3.27. The zero-order valence-electron chi connectivity index (χ0n) is 11.2.